The molecule has 3 N–H and O–H groups in total. The Bertz CT molecular complexity index is 376. The third-order valence-electron chi connectivity index (χ3n) is 3.20. The van der Waals surface area contributed by atoms with Crippen molar-refractivity contribution in [1.82, 2.24) is 5.32 Å². The van der Waals surface area contributed by atoms with E-state index in [-0.39, 0.29) is 6.61 Å². The number of piperidine rings is 1. The topological polar surface area (TPSA) is 53.5 Å². The summed E-state index contributed by atoms with van der Waals surface area (Å²) >= 11 is 0. The number of aliphatic hydroxyl groups excluding tert-OH is 1. The lowest BCUT2D eigenvalue weighted by atomic mass is 10.1. The van der Waals surface area contributed by atoms with Gasteiger partial charge in [-0.2, -0.15) is 0 Å². The van der Waals surface area contributed by atoms with Crippen molar-refractivity contribution in [1.29, 1.82) is 0 Å². The molecule has 0 aromatic heterocycles. The SMILES string of the molecule is CCOc1ccc(NC2CCCNC2)cc1CO. The molecule has 18 heavy (non-hydrogen) atoms. The molecule has 1 heterocycles. The summed E-state index contributed by atoms with van der Waals surface area (Å²) < 4.78 is 5.47. The van der Waals surface area contributed by atoms with Crippen molar-refractivity contribution >= 4 is 5.69 Å². The van der Waals surface area contributed by atoms with Gasteiger partial charge in [-0.15, -0.1) is 0 Å². The van der Waals surface area contributed by atoms with Crippen LogP contribution in [0.5, 0.6) is 5.75 Å². The minimum absolute atomic E-state index is 0.00771. The molecule has 1 fully saturated rings. The number of nitrogens with one attached hydrogen (secondary N) is 2. The lowest BCUT2D eigenvalue weighted by molar-refractivity contribution is 0.267. The molecule has 0 saturated carbocycles. The Labute approximate surface area is 108 Å². The average Bonchev–Trinajstić information content (AvgIpc) is 2.42. The van der Waals surface area contributed by atoms with E-state index in [1.807, 2.05) is 25.1 Å². The zero-order valence-corrected chi connectivity index (χ0v) is 10.9. The largest absolute Gasteiger partial charge is 0.494 e. The molecule has 1 atom stereocenters. The Morgan fingerprint density at radius 2 is 2.39 bits per heavy atom. The first kappa shape index (κ1) is 13.2. The number of ether oxygens (including phenoxy) is 1. The Morgan fingerprint density at radius 1 is 1.50 bits per heavy atom. The number of hydrogen-bond acceptors (Lipinski definition) is 4. The Hall–Kier alpha value is -1.26. The molecule has 0 spiro atoms. The van der Waals surface area contributed by atoms with Gasteiger partial charge < -0.3 is 20.5 Å². The molecule has 4 nitrogen and oxygen atoms in total. The molecule has 1 aromatic rings. The number of benzene rings is 1. The second kappa shape index (κ2) is 6.61. The maximum atomic E-state index is 9.36. The minimum Gasteiger partial charge on any atom is -0.494 e. The van der Waals surface area contributed by atoms with Gasteiger partial charge in [0.2, 0.25) is 0 Å². The fraction of sp³-hybridized carbons (Fsp3) is 0.571. The first-order chi connectivity index (χ1) is 8.83. The molecule has 4 heteroatoms. The Morgan fingerprint density at radius 3 is 3.06 bits per heavy atom. The molecule has 1 aliphatic heterocycles. The van der Waals surface area contributed by atoms with E-state index in [1.165, 1.54) is 12.8 Å². The van der Waals surface area contributed by atoms with E-state index >= 15 is 0 Å². The molecule has 0 aliphatic carbocycles. The van der Waals surface area contributed by atoms with Gasteiger partial charge in [0.1, 0.15) is 5.75 Å². The van der Waals surface area contributed by atoms with Gasteiger partial charge in [0, 0.05) is 23.8 Å². The van der Waals surface area contributed by atoms with Crippen LogP contribution in [0.4, 0.5) is 5.69 Å². The highest BCUT2D eigenvalue weighted by Crippen LogP contribution is 2.24. The van der Waals surface area contributed by atoms with Crippen molar-refractivity contribution in [2.75, 3.05) is 25.0 Å². The molecule has 1 aliphatic rings. The normalized spacial score (nSPS) is 19.6. The smallest absolute Gasteiger partial charge is 0.124 e. The van der Waals surface area contributed by atoms with E-state index < -0.39 is 0 Å². The van der Waals surface area contributed by atoms with Gasteiger partial charge >= 0.3 is 0 Å². The summed E-state index contributed by atoms with van der Waals surface area (Å²) in [6.45, 7) is 4.69. The molecule has 100 valence electrons. The maximum absolute atomic E-state index is 9.36. The van der Waals surface area contributed by atoms with Crippen molar-refractivity contribution in [3.05, 3.63) is 23.8 Å². The summed E-state index contributed by atoms with van der Waals surface area (Å²) in [4.78, 5) is 0. The first-order valence-corrected chi connectivity index (χ1v) is 6.67. The highest BCUT2D eigenvalue weighted by Gasteiger charge is 2.13. The van der Waals surface area contributed by atoms with Crippen LogP contribution in [0.1, 0.15) is 25.3 Å². The molecule has 0 bridgehead atoms. The van der Waals surface area contributed by atoms with Crippen LogP contribution in [0, 0.1) is 0 Å². The predicted molar refractivity (Wildman–Crippen MR) is 73.0 cm³/mol. The zero-order chi connectivity index (χ0) is 12.8. The minimum atomic E-state index is 0.00771. The van der Waals surface area contributed by atoms with E-state index in [1.54, 1.807) is 0 Å². The monoisotopic (exact) mass is 250 g/mol. The van der Waals surface area contributed by atoms with Gasteiger partial charge in [0.15, 0.2) is 0 Å². The van der Waals surface area contributed by atoms with Gasteiger partial charge in [-0.3, -0.25) is 0 Å². The summed E-state index contributed by atoms with van der Waals surface area (Å²) in [6.07, 6.45) is 2.40. The van der Waals surface area contributed by atoms with Crippen LogP contribution in [0.25, 0.3) is 0 Å². The molecule has 1 aromatic carbocycles. The zero-order valence-electron chi connectivity index (χ0n) is 10.9. The quantitative estimate of drug-likeness (QED) is 0.745. The Balaban J connectivity index is 2.04. The molecule has 2 rings (SSSR count). The third-order valence-corrected chi connectivity index (χ3v) is 3.20. The second-order valence-electron chi connectivity index (χ2n) is 4.60. The van der Waals surface area contributed by atoms with E-state index in [2.05, 4.69) is 10.6 Å². The van der Waals surface area contributed by atoms with Gasteiger partial charge in [0.05, 0.1) is 13.2 Å². The Kier molecular flexibility index (Phi) is 4.84. The van der Waals surface area contributed by atoms with Gasteiger partial charge in [-0.05, 0) is 44.5 Å². The van der Waals surface area contributed by atoms with Gasteiger partial charge in [0.25, 0.3) is 0 Å². The molecule has 0 amide bonds. The van der Waals surface area contributed by atoms with Crippen LogP contribution in [-0.4, -0.2) is 30.8 Å². The van der Waals surface area contributed by atoms with E-state index in [9.17, 15) is 5.11 Å². The highest BCUT2D eigenvalue weighted by atomic mass is 16.5. The van der Waals surface area contributed by atoms with Crippen LogP contribution in [0.2, 0.25) is 0 Å². The number of rotatable bonds is 5. The summed E-state index contributed by atoms with van der Waals surface area (Å²) in [5.74, 6) is 0.771. The average molecular weight is 250 g/mol. The lowest BCUT2D eigenvalue weighted by Crippen LogP contribution is -2.38. The van der Waals surface area contributed by atoms with Gasteiger partial charge in [-0.1, -0.05) is 0 Å². The van der Waals surface area contributed by atoms with E-state index in [0.29, 0.717) is 12.6 Å². The van der Waals surface area contributed by atoms with Crippen molar-refractivity contribution < 1.29 is 9.84 Å². The van der Waals surface area contributed by atoms with Crippen LogP contribution >= 0.6 is 0 Å². The molecule has 1 saturated heterocycles. The van der Waals surface area contributed by atoms with Crippen molar-refractivity contribution in [2.45, 2.75) is 32.4 Å². The maximum Gasteiger partial charge on any atom is 0.124 e. The summed E-state index contributed by atoms with van der Waals surface area (Å²) in [5.41, 5.74) is 1.89. The van der Waals surface area contributed by atoms with Crippen LogP contribution < -0.4 is 15.4 Å². The lowest BCUT2D eigenvalue weighted by Gasteiger charge is -2.25. The standard InChI is InChI=1S/C14H22N2O2/c1-2-18-14-6-5-12(8-11(14)10-17)16-13-4-3-7-15-9-13/h5-6,8,13,15-17H,2-4,7,9-10H2,1H3. The summed E-state index contributed by atoms with van der Waals surface area (Å²) in [6, 6.07) is 6.38. The fourth-order valence-electron chi connectivity index (χ4n) is 2.30. The van der Waals surface area contributed by atoms with Crippen molar-refractivity contribution in [2.24, 2.45) is 0 Å². The number of hydrogen-bond donors (Lipinski definition) is 3. The number of anilines is 1. The van der Waals surface area contributed by atoms with Crippen LogP contribution in [0.3, 0.4) is 0 Å². The van der Waals surface area contributed by atoms with Crippen LogP contribution in [-0.2, 0) is 6.61 Å². The second-order valence-corrected chi connectivity index (χ2v) is 4.60. The van der Waals surface area contributed by atoms with E-state index in [0.717, 1.165) is 30.1 Å². The third kappa shape index (κ3) is 3.37. The first-order valence-electron chi connectivity index (χ1n) is 6.67. The number of aliphatic hydroxyl groups is 1. The van der Waals surface area contributed by atoms with Gasteiger partial charge in [-0.25, -0.2) is 0 Å². The fourth-order valence-corrected chi connectivity index (χ4v) is 2.30. The predicted octanol–water partition coefficient (Wildman–Crippen LogP) is 1.74. The molecule has 0 radical (unpaired) electrons. The molecular weight excluding hydrogens is 228 g/mol. The van der Waals surface area contributed by atoms with Crippen LogP contribution in [0.15, 0.2) is 18.2 Å². The summed E-state index contributed by atoms with van der Waals surface area (Å²) in [5, 5.41) is 16.2. The summed E-state index contributed by atoms with van der Waals surface area (Å²) in [7, 11) is 0. The molecular formula is C14H22N2O2. The van der Waals surface area contributed by atoms with E-state index in [4.69, 9.17) is 4.74 Å². The van der Waals surface area contributed by atoms with Crippen molar-refractivity contribution in [3.63, 3.8) is 0 Å². The molecule has 1 unspecified atom stereocenters. The van der Waals surface area contributed by atoms with Crippen molar-refractivity contribution in [3.8, 4) is 5.75 Å². The highest BCUT2D eigenvalue weighted by molar-refractivity contribution is 5.51.